The van der Waals surface area contributed by atoms with Crippen molar-refractivity contribution in [3.63, 3.8) is 0 Å². The maximum absolute atomic E-state index is 5.66. The van der Waals surface area contributed by atoms with Crippen LogP contribution in [0.1, 0.15) is 46.0 Å². The zero-order valence-electron chi connectivity index (χ0n) is 7.90. The molecule has 0 aromatic rings. The van der Waals surface area contributed by atoms with Crippen LogP contribution in [0.4, 0.5) is 0 Å². The predicted octanol–water partition coefficient (Wildman–Crippen LogP) is 2.55. The van der Waals surface area contributed by atoms with Crippen LogP contribution >= 0.6 is 0 Å². The molecule has 0 saturated heterocycles. The number of hydrogen-bond acceptors (Lipinski definition) is 1. The molecule has 0 bridgehead atoms. The molecule has 0 aliphatic heterocycles. The molecule has 0 aromatic carbocycles. The molecular weight excluding hydrogens is 134 g/mol. The SMILES string of the molecule is CC1(C)CCCC(CN)CC1. The largest absolute Gasteiger partial charge is 0.330 e. The minimum Gasteiger partial charge on any atom is -0.330 e. The maximum Gasteiger partial charge on any atom is -0.00489 e. The molecule has 1 saturated carbocycles. The van der Waals surface area contributed by atoms with Gasteiger partial charge in [0.25, 0.3) is 0 Å². The van der Waals surface area contributed by atoms with Gasteiger partial charge in [0, 0.05) is 0 Å². The van der Waals surface area contributed by atoms with E-state index in [0.29, 0.717) is 5.41 Å². The van der Waals surface area contributed by atoms with E-state index in [2.05, 4.69) is 13.8 Å². The molecule has 0 heterocycles. The first-order valence-electron chi connectivity index (χ1n) is 4.84. The van der Waals surface area contributed by atoms with Crippen molar-refractivity contribution < 1.29 is 0 Å². The van der Waals surface area contributed by atoms with Crippen molar-refractivity contribution in [2.45, 2.75) is 46.0 Å². The van der Waals surface area contributed by atoms with Gasteiger partial charge in [-0.05, 0) is 43.6 Å². The van der Waals surface area contributed by atoms with Gasteiger partial charge in [0.15, 0.2) is 0 Å². The predicted molar refractivity (Wildman–Crippen MR) is 49.4 cm³/mol. The third-order valence-corrected chi connectivity index (χ3v) is 3.03. The van der Waals surface area contributed by atoms with E-state index in [0.717, 1.165) is 12.5 Å². The van der Waals surface area contributed by atoms with E-state index in [9.17, 15) is 0 Å². The third kappa shape index (κ3) is 2.82. The van der Waals surface area contributed by atoms with Crippen LogP contribution in [0.15, 0.2) is 0 Å². The lowest BCUT2D eigenvalue weighted by Gasteiger charge is -2.21. The van der Waals surface area contributed by atoms with Crippen molar-refractivity contribution in [2.24, 2.45) is 17.1 Å². The highest BCUT2D eigenvalue weighted by Gasteiger charge is 2.23. The molecule has 1 atom stereocenters. The van der Waals surface area contributed by atoms with E-state index in [-0.39, 0.29) is 0 Å². The van der Waals surface area contributed by atoms with Crippen molar-refractivity contribution in [1.82, 2.24) is 0 Å². The van der Waals surface area contributed by atoms with Crippen LogP contribution in [-0.4, -0.2) is 6.54 Å². The normalized spacial score (nSPS) is 31.4. The van der Waals surface area contributed by atoms with Crippen LogP contribution in [0.2, 0.25) is 0 Å². The Bertz CT molecular complexity index is 118. The van der Waals surface area contributed by atoms with E-state index in [1.165, 1.54) is 32.1 Å². The Morgan fingerprint density at radius 1 is 1.27 bits per heavy atom. The third-order valence-electron chi connectivity index (χ3n) is 3.03. The fourth-order valence-corrected chi connectivity index (χ4v) is 1.97. The first kappa shape index (κ1) is 9.05. The van der Waals surface area contributed by atoms with Crippen molar-refractivity contribution in [3.05, 3.63) is 0 Å². The van der Waals surface area contributed by atoms with Crippen LogP contribution in [0.25, 0.3) is 0 Å². The maximum atomic E-state index is 5.66. The highest BCUT2D eigenvalue weighted by molar-refractivity contribution is 4.76. The monoisotopic (exact) mass is 155 g/mol. The fraction of sp³-hybridized carbons (Fsp3) is 1.00. The highest BCUT2D eigenvalue weighted by Crippen LogP contribution is 2.35. The minimum atomic E-state index is 0.587. The van der Waals surface area contributed by atoms with E-state index in [1.54, 1.807) is 0 Å². The molecule has 1 nitrogen and oxygen atoms in total. The van der Waals surface area contributed by atoms with Crippen molar-refractivity contribution >= 4 is 0 Å². The molecule has 0 amide bonds. The summed E-state index contributed by atoms with van der Waals surface area (Å²) >= 11 is 0. The van der Waals surface area contributed by atoms with E-state index < -0.39 is 0 Å². The van der Waals surface area contributed by atoms with Gasteiger partial charge < -0.3 is 5.73 Å². The zero-order valence-corrected chi connectivity index (χ0v) is 7.90. The van der Waals surface area contributed by atoms with E-state index in [1.807, 2.05) is 0 Å². The van der Waals surface area contributed by atoms with Gasteiger partial charge in [-0.25, -0.2) is 0 Å². The molecule has 1 heteroatoms. The molecule has 1 aliphatic rings. The summed E-state index contributed by atoms with van der Waals surface area (Å²) in [7, 11) is 0. The zero-order chi connectivity index (χ0) is 8.32. The molecule has 0 radical (unpaired) electrons. The Morgan fingerprint density at radius 2 is 2.00 bits per heavy atom. The topological polar surface area (TPSA) is 26.0 Å². The Labute approximate surface area is 70.4 Å². The molecule has 0 aromatic heterocycles. The van der Waals surface area contributed by atoms with Gasteiger partial charge in [-0.2, -0.15) is 0 Å². The molecule has 2 N–H and O–H groups in total. The van der Waals surface area contributed by atoms with Gasteiger partial charge in [0.05, 0.1) is 0 Å². The van der Waals surface area contributed by atoms with Gasteiger partial charge in [0.2, 0.25) is 0 Å². The van der Waals surface area contributed by atoms with Gasteiger partial charge in [0.1, 0.15) is 0 Å². The summed E-state index contributed by atoms with van der Waals surface area (Å²) in [6.45, 7) is 5.66. The quantitative estimate of drug-likeness (QED) is 0.579. The molecule has 66 valence electrons. The average molecular weight is 155 g/mol. The smallest absolute Gasteiger partial charge is 0.00489 e. The van der Waals surface area contributed by atoms with Crippen LogP contribution in [0.3, 0.4) is 0 Å². The summed E-state index contributed by atoms with van der Waals surface area (Å²) < 4.78 is 0. The second-order valence-electron chi connectivity index (χ2n) is 4.70. The number of nitrogens with two attached hydrogens (primary N) is 1. The van der Waals surface area contributed by atoms with Crippen LogP contribution in [0.5, 0.6) is 0 Å². The molecule has 1 aliphatic carbocycles. The van der Waals surface area contributed by atoms with Crippen LogP contribution < -0.4 is 5.73 Å². The Morgan fingerprint density at radius 3 is 2.64 bits per heavy atom. The van der Waals surface area contributed by atoms with E-state index in [4.69, 9.17) is 5.73 Å². The lowest BCUT2D eigenvalue weighted by atomic mass is 9.85. The fourth-order valence-electron chi connectivity index (χ4n) is 1.97. The molecular formula is C10H21N. The van der Waals surface area contributed by atoms with E-state index >= 15 is 0 Å². The lowest BCUT2D eigenvalue weighted by Crippen LogP contribution is -2.14. The van der Waals surface area contributed by atoms with Crippen molar-refractivity contribution in [1.29, 1.82) is 0 Å². The first-order valence-corrected chi connectivity index (χ1v) is 4.84. The molecule has 1 unspecified atom stereocenters. The number of rotatable bonds is 1. The second-order valence-corrected chi connectivity index (χ2v) is 4.70. The number of hydrogen-bond donors (Lipinski definition) is 1. The Balaban J connectivity index is 2.39. The van der Waals surface area contributed by atoms with Gasteiger partial charge in [-0.3, -0.25) is 0 Å². The second kappa shape index (κ2) is 3.57. The van der Waals surface area contributed by atoms with Crippen molar-refractivity contribution in [2.75, 3.05) is 6.54 Å². The van der Waals surface area contributed by atoms with Crippen LogP contribution in [-0.2, 0) is 0 Å². The molecule has 11 heavy (non-hydrogen) atoms. The van der Waals surface area contributed by atoms with Gasteiger partial charge in [-0.1, -0.05) is 20.3 Å². The molecule has 1 fully saturated rings. The highest BCUT2D eigenvalue weighted by atomic mass is 14.5. The summed E-state index contributed by atoms with van der Waals surface area (Å²) in [5.41, 5.74) is 6.25. The Hall–Kier alpha value is -0.0400. The molecule has 0 spiro atoms. The summed E-state index contributed by atoms with van der Waals surface area (Å²) in [6, 6.07) is 0. The van der Waals surface area contributed by atoms with Gasteiger partial charge in [-0.15, -0.1) is 0 Å². The Kier molecular flexibility index (Phi) is 2.94. The molecule has 1 rings (SSSR count). The van der Waals surface area contributed by atoms with Crippen LogP contribution in [0, 0.1) is 11.3 Å². The average Bonchev–Trinajstić information content (AvgIpc) is 2.10. The summed E-state index contributed by atoms with van der Waals surface area (Å²) in [5.74, 6) is 0.816. The van der Waals surface area contributed by atoms with Crippen molar-refractivity contribution in [3.8, 4) is 0 Å². The lowest BCUT2D eigenvalue weighted by molar-refractivity contribution is 0.308. The van der Waals surface area contributed by atoms with Gasteiger partial charge >= 0.3 is 0 Å². The minimum absolute atomic E-state index is 0.587. The first-order chi connectivity index (χ1) is 5.14. The summed E-state index contributed by atoms with van der Waals surface area (Å²) in [6.07, 6.45) is 6.86. The summed E-state index contributed by atoms with van der Waals surface area (Å²) in [4.78, 5) is 0. The standard InChI is InChI=1S/C10H21N/c1-10(2)6-3-4-9(8-11)5-7-10/h9H,3-8,11H2,1-2H3. The summed E-state index contributed by atoms with van der Waals surface area (Å²) in [5, 5.41) is 0.